The minimum Gasteiger partial charge on any atom is -0.497 e. The van der Waals surface area contributed by atoms with E-state index >= 15 is 0 Å². The first kappa shape index (κ1) is 23.9. The third-order valence-electron chi connectivity index (χ3n) is 8.15. The quantitative estimate of drug-likeness (QED) is 0.235. The molecule has 3 unspecified atom stereocenters. The van der Waals surface area contributed by atoms with Crippen LogP contribution in [0.1, 0.15) is 24.4 Å². The van der Waals surface area contributed by atoms with Crippen molar-refractivity contribution in [2.75, 3.05) is 25.5 Å². The maximum absolute atomic E-state index is 5.91. The molecule has 5 nitrogen and oxygen atoms in total. The van der Waals surface area contributed by atoms with Gasteiger partial charge in [0.15, 0.2) is 5.11 Å². The molecule has 3 aromatic carbocycles. The maximum atomic E-state index is 5.91. The Hall–Kier alpha value is -3.48. The molecule has 188 valence electrons. The van der Waals surface area contributed by atoms with Crippen LogP contribution in [0.4, 0.5) is 5.69 Å². The molecule has 0 amide bonds. The summed E-state index contributed by atoms with van der Waals surface area (Å²) in [5.74, 6) is 2.04. The van der Waals surface area contributed by atoms with Crippen LogP contribution in [0.5, 0.6) is 5.75 Å². The largest absolute Gasteiger partial charge is 0.497 e. The molecule has 5 atom stereocenters. The van der Waals surface area contributed by atoms with Crippen LogP contribution >= 0.6 is 12.2 Å². The van der Waals surface area contributed by atoms with Crippen LogP contribution < -0.4 is 15.4 Å². The predicted octanol–water partition coefficient (Wildman–Crippen LogP) is 6.32. The lowest BCUT2D eigenvalue weighted by Gasteiger charge is -2.52. The molecule has 3 aliphatic rings. The summed E-state index contributed by atoms with van der Waals surface area (Å²) in [6.07, 6.45) is 6.39. The number of rotatable bonds is 6. The Morgan fingerprint density at radius 3 is 2.78 bits per heavy atom. The van der Waals surface area contributed by atoms with Crippen molar-refractivity contribution >= 4 is 44.7 Å². The number of ether oxygens (including phenoxy) is 1. The summed E-state index contributed by atoms with van der Waals surface area (Å²) in [6.45, 7) is 6.27. The average molecular weight is 509 g/mol. The van der Waals surface area contributed by atoms with Crippen LogP contribution in [0.15, 0.2) is 85.6 Å². The second kappa shape index (κ2) is 10.1. The van der Waals surface area contributed by atoms with Crippen LogP contribution in [0.3, 0.4) is 0 Å². The smallest absolute Gasteiger partial charge is 0.171 e. The summed E-state index contributed by atoms with van der Waals surface area (Å²) >= 11 is 5.91. The van der Waals surface area contributed by atoms with Crippen molar-refractivity contribution in [3.63, 3.8) is 0 Å². The lowest BCUT2D eigenvalue weighted by Crippen LogP contribution is -2.57. The zero-order valence-electron chi connectivity index (χ0n) is 21.1. The number of thiocarbonyl (C=S) groups is 1. The van der Waals surface area contributed by atoms with E-state index in [0.717, 1.165) is 41.9 Å². The highest BCUT2D eigenvalue weighted by Gasteiger charge is 2.43. The Balaban J connectivity index is 1.34. The summed E-state index contributed by atoms with van der Waals surface area (Å²) < 4.78 is 5.57. The number of piperidine rings is 3. The molecule has 0 saturated carbocycles. The number of nitrogens with one attached hydrogen (secondary N) is 2. The summed E-state index contributed by atoms with van der Waals surface area (Å²) in [5, 5.41) is 11.3. The zero-order chi connectivity index (χ0) is 25.4. The zero-order valence-corrected chi connectivity index (χ0v) is 21.9. The summed E-state index contributed by atoms with van der Waals surface area (Å²) in [7, 11) is 1.71. The molecule has 1 aromatic heterocycles. The minimum atomic E-state index is 0.00614. The lowest BCUT2D eigenvalue weighted by atomic mass is 9.73. The van der Waals surface area contributed by atoms with Crippen molar-refractivity contribution in [2.24, 2.45) is 11.8 Å². The van der Waals surface area contributed by atoms with Gasteiger partial charge in [0.2, 0.25) is 0 Å². The third-order valence-corrected chi connectivity index (χ3v) is 8.37. The van der Waals surface area contributed by atoms with Gasteiger partial charge in [-0.2, -0.15) is 0 Å². The van der Waals surface area contributed by atoms with Gasteiger partial charge in [-0.1, -0.05) is 36.4 Å². The first-order chi connectivity index (χ1) is 18.1. The number of benzene rings is 3. The lowest BCUT2D eigenvalue weighted by molar-refractivity contribution is 0.00443. The number of pyridine rings is 1. The van der Waals surface area contributed by atoms with Crippen molar-refractivity contribution in [1.82, 2.24) is 15.2 Å². The number of methoxy groups -OCH3 is 1. The topological polar surface area (TPSA) is 49.4 Å². The molecule has 2 bridgehead atoms. The number of anilines is 1. The van der Waals surface area contributed by atoms with Crippen molar-refractivity contribution in [2.45, 2.75) is 24.9 Å². The fourth-order valence-corrected chi connectivity index (χ4v) is 6.47. The Bertz CT molecular complexity index is 1470. The van der Waals surface area contributed by atoms with Crippen LogP contribution in [-0.2, 0) is 0 Å². The van der Waals surface area contributed by atoms with Crippen LogP contribution in [0.2, 0.25) is 0 Å². The monoisotopic (exact) mass is 508 g/mol. The van der Waals surface area contributed by atoms with Crippen LogP contribution in [0, 0.1) is 11.8 Å². The number of nitrogens with zero attached hydrogens (tertiary/aromatic N) is 2. The molecule has 3 fully saturated rings. The molecule has 4 heterocycles. The SMILES string of the molecule is C=CC1CN2CCC1C[C@H]2[C@@H](NC(=S)Nc1ccc2ccccc2c1)c1ccnc2ccc(OC)cc12. The Kier molecular flexibility index (Phi) is 6.53. The molecule has 4 aromatic rings. The maximum Gasteiger partial charge on any atom is 0.171 e. The van der Waals surface area contributed by atoms with Gasteiger partial charge in [-0.15, -0.1) is 6.58 Å². The minimum absolute atomic E-state index is 0.00614. The van der Waals surface area contributed by atoms with Gasteiger partial charge >= 0.3 is 0 Å². The highest BCUT2D eigenvalue weighted by atomic mass is 32.1. The summed E-state index contributed by atoms with van der Waals surface area (Å²) in [4.78, 5) is 7.26. The van der Waals surface area contributed by atoms with Gasteiger partial charge in [0, 0.05) is 29.9 Å². The standard InChI is InChI=1S/C31H32N4OS/c1-3-20-19-35-15-13-23(20)17-29(35)30(26-12-14-32-28-11-10-25(36-2)18-27(26)28)34-31(37)33-24-9-8-21-6-4-5-7-22(21)16-24/h3-12,14,16,18,20,23,29-30H,1,13,15,17,19H2,2H3,(H2,33,34,37)/t20?,23?,29-,30-/m0/s1. The van der Waals surface area contributed by atoms with E-state index in [1.54, 1.807) is 7.11 Å². The molecule has 7 rings (SSSR count). The van der Waals surface area contributed by atoms with Gasteiger partial charge in [-0.3, -0.25) is 9.88 Å². The fourth-order valence-electron chi connectivity index (χ4n) is 6.23. The molecule has 3 aliphatic heterocycles. The summed E-state index contributed by atoms with van der Waals surface area (Å²) in [5.41, 5.74) is 3.13. The molecular weight excluding hydrogens is 476 g/mol. The molecule has 2 N–H and O–H groups in total. The fraction of sp³-hybridized carbons (Fsp3) is 0.290. The van der Waals surface area contributed by atoms with Crippen molar-refractivity contribution < 1.29 is 4.74 Å². The molecule has 3 saturated heterocycles. The molecule has 6 heteroatoms. The van der Waals surface area contributed by atoms with Gasteiger partial charge in [-0.05, 0) is 96.2 Å². The highest BCUT2D eigenvalue weighted by Crippen LogP contribution is 2.42. The van der Waals surface area contributed by atoms with Crippen LogP contribution in [0.25, 0.3) is 21.7 Å². The molecule has 0 radical (unpaired) electrons. The van der Waals surface area contributed by atoms with E-state index in [1.165, 1.54) is 22.8 Å². The molecule has 0 spiro atoms. The van der Waals surface area contributed by atoms with E-state index in [-0.39, 0.29) is 6.04 Å². The van der Waals surface area contributed by atoms with E-state index in [1.807, 2.05) is 18.3 Å². The number of hydrogen-bond donors (Lipinski definition) is 2. The number of hydrogen-bond acceptors (Lipinski definition) is 4. The Morgan fingerprint density at radius 1 is 1.14 bits per heavy atom. The van der Waals surface area contributed by atoms with Crippen molar-refractivity contribution in [3.05, 3.63) is 91.1 Å². The second-order valence-corrected chi connectivity index (χ2v) is 10.6. The van der Waals surface area contributed by atoms with Gasteiger partial charge < -0.3 is 15.4 Å². The molecule has 37 heavy (non-hydrogen) atoms. The third kappa shape index (κ3) is 4.67. The van der Waals surface area contributed by atoms with E-state index in [2.05, 4.69) is 87.8 Å². The first-order valence-electron chi connectivity index (χ1n) is 13.0. The average Bonchev–Trinajstić information content (AvgIpc) is 2.95. The van der Waals surface area contributed by atoms with Gasteiger partial charge in [0.1, 0.15) is 5.75 Å². The van der Waals surface area contributed by atoms with E-state index < -0.39 is 0 Å². The number of aromatic nitrogens is 1. The van der Waals surface area contributed by atoms with Gasteiger partial charge in [0.05, 0.1) is 18.7 Å². The van der Waals surface area contributed by atoms with E-state index in [4.69, 9.17) is 17.0 Å². The highest BCUT2D eigenvalue weighted by molar-refractivity contribution is 7.80. The van der Waals surface area contributed by atoms with E-state index in [0.29, 0.717) is 23.0 Å². The van der Waals surface area contributed by atoms with Gasteiger partial charge in [-0.25, -0.2) is 0 Å². The van der Waals surface area contributed by atoms with Gasteiger partial charge in [0.25, 0.3) is 0 Å². The van der Waals surface area contributed by atoms with Crippen molar-refractivity contribution in [3.8, 4) is 5.75 Å². The molecular formula is C31H32N4OS. The first-order valence-corrected chi connectivity index (χ1v) is 13.4. The normalized spacial score (nSPS) is 23.5. The molecule has 0 aliphatic carbocycles. The van der Waals surface area contributed by atoms with Crippen LogP contribution in [-0.4, -0.2) is 41.2 Å². The Labute approximate surface area is 223 Å². The Morgan fingerprint density at radius 2 is 2.00 bits per heavy atom. The van der Waals surface area contributed by atoms with E-state index in [9.17, 15) is 0 Å². The summed E-state index contributed by atoms with van der Waals surface area (Å²) in [6, 6.07) is 23.3. The second-order valence-electron chi connectivity index (χ2n) is 10.2. The number of fused-ring (bicyclic) bond motifs is 5. The van der Waals surface area contributed by atoms with Crippen molar-refractivity contribution in [1.29, 1.82) is 0 Å². The predicted molar refractivity (Wildman–Crippen MR) is 156 cm³/mol.